The van der Waals surface area contributed by atoms with E-state index in [0.717, 1.165) is 38.1 Å². The molecule has 0 amide bonds. The number of rotatable bonds is 5. The van der Waals surface area contributed by atoms with Crippen LogP contribution in [0, 0.1) is 5.82 Å². The maximum absolute atomic E-state index is 13.5. The van der Waals surface area contributed by atoms with Gasteiger partial charge in [-0.1, -0.05) is 6.07 Å². The Morgan fingerprint density at radius 2 is 1.80 bits per heavy atom. The number of likely N-dealkylation sites (tertiary alicyclic amines) is 1. The highest BCUT2D eigenvalue weighted by molar-refractivity contribution is 5.85. The minimum Gasteiger partial charge on any atom is -0.310 e. The van der Waals surface area contributed by atoms with Crippen LogP contribution >= 0.6 is 12.4 Å². The SMILES string of the molecule is Cl.O=c1ccc2ncc(=O)n3c2n1C[C@H]3CN1CCC(NCc2ccc(F)c(C(F)(F)F)c2)CC1. The highest BCUT2D eigenvalue weighted by Gasteiger charge is 2.34. The number of benzene rings is 1. The zero-order valence-corrected chi connectivity index (χ0v) is 19.4. The van der Waals surface area contributed by atoms with E-state index in [1.807, 2.05) is 0 Å². The van der Waals surface area contributed by atoms with Crippen molar-refractivity contribution in [1.29, 1.82) is 0 Å². The van der Waals surface area contributed by atoms with Gasteiger partial charge in [0.05, 0.1) is 17.8 Å². The first-order valence-electron chi connectivity index (χ1n) is 11.1. The zero-order chi connectivity index (χ0) is 24.0. The summed E-state index contributed by atoms with van der Waals surface area (Å²) < 4.78 is 55.5. The summed E-state index contributed by atoms with van der Waals surface area (Å²) in [6.45, 7) is 2.75. The lowest BCUT2D eigenvalue weighted by molar-refractivity contribution is -0.140. The molecule has 4 heterocycles. The van der Waals surface area contributed by atoms with Gasteiger partial charge >= 0.3 is 6.18 Å². The van der Waals surface area contributed by atoms with Crippen molar-refractivity contribution in [3.63, 3.8) is 0 Å². The molecule has 35 heavy (non-hydrogen) atoms. The molecule has 12 heteroatoms. The van der Waals surface area contributed by atoms with E-state index in [1.165, 1.54) is 18.3 Å². The molecule has 1 N–H and O–H groups in total. The average molecular weight is 514 g/mol. The lowest BCUT2D eigenvalue weighted by Crippen LogP contribution is -2.44. The molecular formula is C23H24ClF4N5O2. The van der Waals surface area contributed by atoms with E-state index in [4.69, 9.17) is 0 Å². The maximum Gasteiger partial charge on any atom is 0.419 e. The van der Waals surface area contributed by atoms with Crippen LogP contribution in [0.2, 0.25) is 0 Å². The highest BCUT2D eigenvalue weighted by atomic mass is 35.5. The van der Waals surface area contributed by atoms with Gasteiger partial charge in [-0.05, 0) is 49.7 Å². The Kier molecular flexibility index (Phi) is 7.03. The molecule has 1 saturated heterocycles. The van der Waals surface area contributed by atoms with Crippen LogP contribution in [0.1, 0.15) is 30.0 Å². The molecule has 188 valence electrons. The second-order valence-corrected chi connectivity index (χ2v) is 8.88. The molecule has 0 unspecified atom stereocenters. The zero-order valence-electron chi connectivity index (χ0n) is 18.6. The van der Waals surface area contributed by atoms with E-state index >= 15 is 0 Å². The third kappa shape index (κ3) is 4.98. The lowest BCUT2D eigenvalue weighted by atomic mass is 10.0. The molecule has 2 aromatic heterocycles. The van der Waals surface area contributed by atoms with Crippen molar-refractivity contribution in [1.82, 2.24) is 24.3 Å². The standard InChI is InChI=1S/C23H23F4N5O2.ClH/c24-18-2-1-14(9-17(18)23(25,26)27)10-28-15-5-7-30(8-6-15)12-16-13-31-20(33)4-3-19-22(31)32(16)21(34)11-29-19;/h1-4,9,11,15-16,28H,5-8,10,12-13H2;1H/t16-;/m1./s1. The third-order valence-corrected chi connectivity index (χ3v) is 6.66. The first-order valence-corrected chi connectivity index (χ1v) is 11.1. The molecular weight excluding hydrogens is 490 g/mol. The number of piperidine rings is 1. The molecule has 0 saturated carbocycles. The molecule has 0 radical (unpaired) electrons. The van der Waals surface area contributed by atoms with E-state index in [-0.39, 0.29) is 42.2 Å². The lowest BCUT2D eigenvalue weighted by Gasteiger charge is -2.34. The normalized spacial score (nSPS) is 18.7. The monoisotopic (exact) mass is 513 g/mol. The number of aromatic nitrogens is 3. The molecule has 0 spiro atoms. The Morgan fingerprint density at radius 1 is 1.06 bits per heavy atom. The first kappa shape index (κ1) is 25.3. The van der Waals surface area contributed by atoms with Gasteiger partial charge in [0.1, 0.15) is 17.0 Å². The fourth-order valence-corrected chi connectivity index (χ4v) is 4.94. The van der Waals surface area contributed by atoms with Gasteiger partial charge in [0.15, 0.2) is 0 Å². The summed E-state index contributed by atoms with van der Waals surface area (Å²) in [5, 5.41) is 3.27. The molecule has 0 bridgehead atoms. The Bertz CT molecular complexity index is 1340. The molecule has 1 aromatic carbocycles. The Labute approximate surface area is 203 Å². The van der Waals surface area contributed by atoms with Crippen LogP contribution in [-0.2, 0) is 19.3 Å². The Balaban J connectivity index is 0.00000289. The quantitative estimate of drug-likeness (QED) is 0.531. The number of nitrogens with zero attached hydrogens (tertiary/aromatic N) is 4. The van der Waals surface area contributed by atoms with Crippen molar-refractivity contribution in [3.8, 4) is 0 Å². The topological polar surface area (TPSA) is 72.2 Å². The van der Waals surface area contributed by atoms with Crippen molar-refractivity contribution in [2.75, 3.05) is 19.6 Å². The minimum atomic E-state index is -4.72. The van der Waals surface area contributed by atoms with Crippen molar-refractivity contribution < 1.29 is 17.6 Å². The van der Waals surface area contributed by atoms with Gasteiger partial charge in [-0.3, -0.25) is 18.7 Å². The summed E-state index contributed by atoms with van der Waals surface area (Å²) in [6, 6.07) is 6.10. The van der Waals surface area contributed by atoms with Crippen LogP contribution < -0.4 is 16.4 Å². The number of nitrogens with one attached hydrogen (secondary N) is 1. The first-order chi connectivity index (χ1) is 16.2. The van der Waals surface area contributed by atoms with Crippen LogP contribution in [0.5, 0.6) is 0 Å². The van der Waals surface area contributed by atoms with Crippen molar-refractivity contribution in [3.05, 3.63) is 74.2 Å². The number of hydrogen-bond acceptors (Lipinski definition) is 5. The van der Waals surface area contributed by atoms with Gasteiger partial charge in [0, 0.05) is 31.7 Å². The van der Waals surface area contributed by atoms with E-state index < -0.39 is 17.6 Å². The minimum absolute atomic E-state index is 0. The van der Waals surface area contributed by atoms with Crippen LogP contribution in [-0.4, -0.2) is 44.7 Å². The fourth-order valence-electron chi connectivity index (χ4n) is 4.94. The highest BCUT2D eigenvalue weighted by Crippen LogP contribution is 2.32. The second-order valence-electron chi connectivity index (χ2n) is 8.88. The summed E-state index contributed by atoms with van der Waals surface area (Å²) in [6.07, 6.45) is -1.87. The Morgan fingerprint density at radius 3 is 2.51 bits per heavy atom. The third-order valence-electron chi connectivity index (χ3n) is 6.66. The molecule has 2 aliphatic rings. The molecule has 2 aliphatic heterocycles. The summed E-state index contributed by atoms with van der Waals surface area (Å²) in [4.78, 5) is 31.2. The molecule has 0 aliphatic carbocycles. The maximum atomic E-state index is 13.5. The van der Waals surface area contributed by atoms with Gasteiger partial charge in [-0.15, -0.1) is 12.4 Å². The van der Waals surface area contributed by atoms with E-state index in [2.05, 4.69) is 15.2 Å². The molecule has 1 fully saturated rings. The summed E-state index contributed by atoms with van der Waals surface area (Å²) in [5.41, 5.74) is -0.0970. The number of halogens is 5. The number of pyridine rings is 1. The van der Waals surface area contributed by atoms with E-state index in [9.17, 15) is 27.2 Å². The van der Waals surface area contributed by atoms with Crippen LogP contribution in [0.15, 0.2) is 46.1 Å². The van der Waals surface area contributed by atoms with Crippen LogP contribution in [0.4, 0.5) is 17.6 Å². The van der Waals surface area contributed by atoms with Gasteiger partial charge < -0.3 is 10.2 Å². The smallest absolute Gasteiger partial charge is 0.310 e. The molecule has 5 rings (SSSR count). The summed E-state index contributed by atoms with van der Waals surface area (Å²) >= 11 is 0. The largest absolute Gasteiger partial charge is 0.419 e. The van der Waals surface area contributed by atoms with Gasteiger partial charge in [0.2, 0.25) is 0 Å². The van der Waals surface area contributed by atoms with Gasteiger partial charge in [-0.2, -0.15) is 13.2 Å². The predicted molar refractivity (Wildman–Crippen MR) is 124 cm³/mol. The number of alkyl halides is 3. The second kappa shape index (κ2) is 9.71. The summed E-state index contributed by atoms with van der Waals surface area (Å²) in [7, 11) is 0. The van der Waals surface area contributed by atoms with Crippen LogP contribution in [0.25, 0.3) is 11.2 Å². The fraction of sp³-hybridized carbons (Fsp3) is 0.435. The van der Waals surface area contributed by atoms with Crippen molar-refractivity contribution in [2.24, 2.45) is 0 Å². The number of hydrogen-bond donors (Lipinski definition) is 1. The van der Waals surface area contributed by atoms with Crippen molar-refractivity contribution >= 4 is 23.6 Å². The van der Waals surface area contributed by atoms with Gasteiger partial charge in [0.25, 0.3) is 11.1 Å². The molecule has 7 nitrogen and oxygen atoms in total. The van der Waals surface area contributed by atoms with Gasteiger partial charge in [-0.25, -0.2) is 9.37 Å². The Hall–Kier alpha value is -2.76. The van der Waals surface area contributed by atoms with Crippen molar-refractivity contribution in [2.45, 2.75) is 44.2 Å². The van der Waals surface area contributed by atoms with E-state index in [1.54, 1.807) is 15.2 Å². The molecule has 1 atom stereocenters. The van der Waals surface area contributed by atoms with E-state index in [0.29, 0.717) is 29.8 Å². The predicted octanol–water partition coefficient (Wildman–Crippen LogP) is 2.95. The molecule has 3 aromatic rings. The summed E-state index contributed by atoms with van der Waals surface area (Å²) in [5.74, 6) is -1.27. The van der Waals surface area contributed by atoms with Crippen LogP contribution in [0.3, 0.4) is 0 Å². The average Bonchev–Trinajstić information content (AvgIpc) is 3.19.